The van der Waals surface area contributed by atoms with Gasteiger partial charge < -0.3 is 18.9 Å². The molecule has 0 fully saturated rings. The molecule has 0 unspecified atom stereocenters. The first-order valence-corrected chi connectivity index (χ1v) is 10.1. The summed E-state index contributed by atoms with van der Waals surface area (Å²) in [6, 6.07) is 6.81. The highest BCUT2D eigenvalue weighted by molar-refractivity contribution is 6.36. The van der Waals surface area contributed by atoms with E-state index < -0.39 is 0 Å². The molecule has 0 aliphatic carbocycles. The van der Waals surface area contributed by atoms with Gasteiger partial charge in [0.2, 0.25) is 0 Å². The molecule has 3 rings (SSSR count). The van der Waals surface area contributed by atoms with Crippen molar-refractivity contribution in [2.75, 3.05) is 26.4 Å². The molecule has 0 atom stereocenters. The van der Waals surface area contributed by atoms with Crippen molar-refractivity contribution >= 4 is 46.4 Å². The molecule has 0 spiro atoms. The average Bonchev–Trinajstić information content (AvgIpc) is 2.62. The van der Waals surface area contributed by atoms with Crippen LogP contribution in [0.2, 0.25) is 20.1 Å². The van der Waals surface area contributed by atoms with Crippen LogP contribution in [0.15, 0.2) is 36.4 Å². The van der Waals surface area contributed by atoms with Gasteiger partial charge in [-0.2, -0.15) is 0 Å². The molecule has 2 aromatic carbocycles. The number of halogens is 4. The normalized spacial score (nSPS) is 17.0. The molecule has 4 nitrogen and oxygen atoms in total. The molecule has 0 radical (unpaired) electrons. The van der Waals surface area contributed by atoms with Crippen molar-refractivity contribution in [3.63, 3.8) is 0 Å². The van der Waals surface area contributed by atoms with E-state index in [1.54, 1.807) is 24.3 Å². The summed E-state index contributed by atoms with van der Waals surface area (Å²) in [5.41, 5.74) is 1.53. The second-order valence-electron chi connectivity index (χ2n) is 5.95. The summed E-state index contributed by atoms with van der Waals surface area (Å²) in [5, 5.41) is 1.87. The van der Waals surface area contributed by atoms with Gasteiger partial charge in [-0.25, -0.2) is 0 Å². The van der Waals surface area contributed by atoms with Crippen molar-refractivity contribution in [2.45, 2.75) is 13.2 Å². The van der Waals surface area contributed by atoms with E-state index >= 15 is 0 Å². The standard InChI is InChI=1S/C20H18Cl4O4/c21-15-7-13-11-25-3-1-2-4-26-12-14-8-16(22)10-18(24)20(14)28-6-5-27-19(13)17(23)9-15/h1-2,7-10H,3-6,11-12H2/b2-1+. The van der Waals surface area contributed by atoms with Crippen LogP contribution in [0.3, 0.4) is 0 Å². The lowest BCUT2D eigenvalue weighted by Gasteiger charge is -2.17. The Morgan fingerprint density at radius 1 is 0.607 bits per heavy atom. The van der Waals surface area contributed by atoms with Crippen LogP contribution >= 0.6 is 46.4 Å². The van der Waals surface area contributed by atoms with Crippen LogP contribution in [0.4, 0.5) is 0 Å². The lowest BCUT2D eigenvalue weighted by molar-refractivity contribution is 0.133. The van der Waals surface area contributed by atoms with Crippen molar-refractivity contribution in [1.29, 1.82) is 0 Å². The Kier molecular flexibility index (Phi) is 8.15. The summed E-state index contributed by atoms with van der Waals surface area (Å²) in [6.45, 7) is 1.99. The molecule has 8 heteroatoms. The molecule has 0 bridgehead atoms. The molecule has 1 aliphatic rings. The Bertz CT molecular complexity index is 785. The van der Waals surface area contributed by atoms with Crippen LogP contribution in [-0.4, -0.2) is 26.4 Å². The van der Waals surface area contributed by atoms with Crippen molar-refractivity contribution in [3.8, 4) is 11.5 Å². The molecule has 0 aromatic heterocycles. The van der Waals surface area contributed by atoms with E-state index in [1.165, 1.54) is 0 Å². The van der Waals surface area contributed by atoms with Crippen LogP contribution in [0.5, 0.6) is 11.5 Å². The van der Waals surface area contributed by atoms with Crippen LogP contribution < -0.4 is 9.47 Å². The van der Waals surface area contributed by atoms with Gasteiger partial charge in [0.15, 0.2) is 0 Å². The van der Waals surface area contributed by atoms with E-state index in [4.69, 9.17) is 65.4 Å². The topological polar surface area (TPSA) is 36.9 Å². The molecular formula is C20H18Cl4O4. The summed E-state index contributed by atoms with van der Waals surface area (Å²) in [4.78, 5) is 0. The smallest absolute Gasteiger partial charge is 0.143 e. The summed E-state index contributed by atoms with van der Waals surface area (Å²) in [5.74, 6) is 1.05. The van der Waals surface area contributed by atoms with Gasteiger partial charge in [-0.1, -0.05) is 58.6 Å². The number of ether oxygens (including phenoxy) is 4. The van der Waals surface area contributed by atoms with Gasteiger partial charge in [-0.05, 0) is 24.3 Å². The van der Waals surface area contributed by atoms with E-state index in [2.05, 4.69) is 0 Å². The Morgan fingerprint density at radius 3 is 1.46 bits per heavy atom. The second kappa shape index (κ2) is 10.6. The fraction of sp³-hybridized carbons (Fsp3) is 0.300. The Morgan fingerprint density at radius 2 is 1.04 bits per heavy atom. The zero-order valence-corrected chi connectivity index (χ0v) is 17.9. The van der Waals surface area contributed by atoms with Crippen molar-refractivity contribution < 1.29 is 18.9 Å². The first-order chi connectivity index (χ1) is 13.5. The third-order valence-electron chi connectivity index (χ3n) is 3.86. The first-order valence-electron chi connectivity index (χ1n) is 8.56. The highest BCUT2D eigenvalue weighted by Crippen LogP contribution is 2.34. The maximum atomic E-state index is 6.30. The lowest BCUT2D eigenvalue weighted by atomic mass is 10.2. The van der Waals surface area contributed by atoms with Gasteiger partial charge in [0.05, 0.1) is 36.5 Å². The number of benzene rings is 2. The molecular weight excluding hydrogens is 446 g/mol. The molecule has 0 saturated carbocycles. The molecule has 150 valence electrons. The third-order valence-corrected chi connectivity index (χ3v) is 4.85. The Balaban J connectivity index is 1.82. The van der Waals surface area contributed by atoms with Crippen LogP contribution in [0.25, 0.3) is 0 Å². The van der Waals surface area contributed by atoms with E-state index in [-0.39, 0.29) is 13.2 Å². The molecule has 0 saturated heterocycles. The van der Waals surface area contributed by atoms with E-state index in [0.717, 1.165) is 11.1 Å². The van der Waals surface area contributed by atoms with Gasteiger partial charge in [-0.3, -0.25) is 0 Å². The summed E-state index contributed by atoms with van der Waals surface area (Å²) in [6.07, 6.45) is 3.75. The fourth-order valence-electron chi connectivity index (χ4n) is 2.66. The average molecular weight is 464 g/mol. The maximum absolute atomic E-state index is 6.30. The monoisotopic (exact) mass is 462 g/mol. The fourth-order valence-corrected chi connectivity index (χ4v) is 3.84. The molecule has 2 aromatic rings. The summed E-state index contributed by atoms with van der Waals surface area (Å²) < 4.78 is 23.0. The quantitative estimate of drug-likeness (QED) is 0.426. The van der Waals surface area contributed by atoms with E-state index in [0.29, 0.717) is 58.0 Å². The van der Waals surface area contributed by atoms with Crippen molar-refractivity contribution in [3.05, 3.63) is 67.6 Å². The molecule has 28 heavy (non-hydrogen) atoms. The Labute approximate surface area is 183 Å². The second-order valence-corrected chi connectivity index (χ2v) is 7.64. The number of hydrogen-bond donors (Lipinski definition) is 0. The number of hydrogen-bond acceptors (Lipinski definition) is 4. The predicted octanol–water partition coefficient (Wildman–Crippen LogP) is 6.36. The van der Waals surface area contributed by atoms with Gasteiger partial charge in [-0.15, -0.1) is 0 Å². The van der Waals surface area contributed by atoms with E-state index in [1.807, 2.05) is 12.2 Å². The zero-order valence-electron chi connectivity index (χ0n) is 14.9. The molecule has 1 aliphatic heterocycles. The molecule has 1 heterocycles. The highest BCUT2D eigenvalue weighted by atomic mass is 35.5. The molecule has 0 amide bonds. The highest BCUT2D eigenvalue weighted by Gasteiger charge is 2.14. The minimum absolute atomic E-state index is 0.257. The first kappa shape index (κ1) is 21.6. The Hall–Kier alpha value is -1.14. The van der Waals surface area contributed by atoms with Crippen LogP contribution in [-0.2, 0) is 22.7 Å². The minimum atomic E-state index is 0.257. The minimum Gasteiger partial charge on any atom is -0.488 e. The number of rotatable bonds is 0. The van der Waals surface area contributed by atoms with Crippen LogP contribution in [0.1, 0.15) is 11.1 Å². The van der Waals surface area contributed by atoms with Gasteiger partial charge >= 0.3 is 0 Å². The van der Waals surface area contributed by atoms with Crippen molar-refractivity contribution in [1.82, 2.24) is 0 Å². The predicted molar refractivity (Wildman–Crippen MR) is 112 cm³/mol. The van der Waals surface area contributed by atoms with Crippen molar-refractivity contribution in [2.24, 2.45) is 0 Å². The largest absolute Gasteiger partial charge is 0.488 e. The van der Waals surface area contributed by atoms with Crippen LogP contribution in [0, 0.1) is 0 Å². The summed E-state index contributed by atoms with van der Waals surface area (Å²) >= 11 is 24.8. The summed E-state index contributed by atoms with van der Waals surface area (Å²) in [7, 11) is 0. The van der Waals surface area contributed by atoms with Gasteiger partial charge in [0.1, 0.15) is 24.7 Å². The SMILES string of the molecule is Clc1cc(Cl)c2c(c1)COC/C=C/COCc1cc(Cl)cc(Cl)c1OCCO2. The van der Waals surface area contributed by atoms with Gasteiger partial charge in [0.25, 0.3) is 0 Å². The van der Waals surface area contributed by atoms with E-state index in [9.17, 15) is 0 Å². The lowest BCUT2D eigenvalue weighted by Crippen LogP contribution is -2.12. The zero-order chi connectivity index (χ0) is 19.9. The van der Waals surface area contributed by atoms with Gasteiger partial charge in [0, 0.05) is 21.2 Å². The molecule has 0 N–H and O–H groups in total. The maximum Gasteiger partial charge on any atom is 0.143 e. The third kappa shape index (κ3) is 5.93. The number of fused-ring (bicyclic) bond motifs is 2.